The normalized spacial score (nSPS) is 28.1. The van der Waals surface area contributed by atoms with Crippen LogP contribution in [0, 0.1) is 11.8 Å². The van der Waals surface area contributed by atoms with Crippen molar-refractivity contribution in [3.8, 4) is 0 Å². The summed E-state index contributed by atoms with van der Waals surface area (Å²) in [6.45, 7) is 8.96. The summed E-state index contributed by atoms with van der Waals surface area (Å²) in [5.41, 5.74) is 7.43. The van der Waals surface area contributed by atoms with Crippen LogP contribution in [0.1, 0.15) is 38.8 Å². The van der Waals surface area contributed by atoms with E-state index < -0.39 is 0 Å². The minimum atomic E-state index is 0.0809. The highest BCUT2D eigenvalue weighted by molar-refractivity contribution is 6.31. The molecule has 0 bridgehead atoms. The predicted molar refractivity (Wildman–Crippen MR) is 82.4 cm³/mol. The second-order valence-corrected chi connectivity index (χ2v) is 6.63. The van der Waals surface area contributed by atoms with Crippen LogP contribution in [0.4, 0.5) is 0 Å². The Kier molecular flexibility index (Phi) is 4.88. The van der Waals surface area contributed by atoms with E-state index in [1.807, 2.05) is 18.2 Å². The lowest BCUT2D eigenvalue weighted by Gasteiger charge is -2.42. The first kappa shape index (κ1) is 14.8. The van der Waals surface area contributed by atoms with Gasteiger partial charge in [-0.1, -0.05) is 43.6 Å². The lowest BCUT2D eigenvalue weighted by molar-refractivity contribution is 0.0847. The molecule has 2 rings (SSSR count). The summed E-state index contributed by atoms with van der Waals surface area (Å²) in [5.74, 6) is 1.46. The van der Waals surface area contributed by atoms with Crippen LogP contribution in [0.15, 0.2) is 24.3 Å². The smallest absolute Gasteiger partial charge is 0.0511 e. The van der Waals surface area contributed by atoms with Crippen molar-refractivity contribution < 1.29 is 0 Å². The number of halogens is 1. The third-order valence-electron chi connectivity index (χ3n) is 4.01. The summed E-state index contributed by atoms with van der Waals surface area (Å²) in [6, 6.07) is 8.40. The first-order valence-corrected chi connectivity index (χ1v) is 7.61. The molecule has 0 aromatic heterocycles. The van der Waals surface area contributed by atoms with Gasteiger partial charge >= 0.3 is 0 Å². The summed E-state index contributed by atoms with van der Waals surface area (Å²) in [4.78, 5) is 2.52. The molecule has 0 saturated carbocycles. The second-order valence-electron chi connectivity index (χ2n) is 6.23. The van der Waals surface area contributed by atoms with Crippen molar-refractivity contribution in [2.45, 2.75) is 39.3 Å². The van der Waals surface area contributed by atoms with Gasteiger partial charge in [-0.3, -0.25) is 4.90 Å². The third-order valence-corrected chi connectivity index (χ3v) is 4.36. The van der Waals surface area contributed by atoms with Gasteiger partial charge in [0, 0.05) is 24.2 Å². The molecule has 0 aliphatic carbocycles. The average molecular weight is 281 g/mol. The molecule has 2 N–H and O–H groups in total. The van der Waals surface area contributed by atoms with Gasteiger partial charge in [-0.2, -0.15) is 0 Å². The number of nitrogens with zero attached hydrogens (tertiary/aromatic N) is 1. The number of likely N-dealkylation sites (tertiary alicyclic amines) is 1. The monoisotopic (exact) mass is 280 g/mol. The molecule has 1 aliphatic rings. The Morgan fingerprint density at radius 1 is 1.21 bits per heavy atom. The second kappa shape index (κ2) is 6.25. The van der Waals surface area contributed by atoms with Crippen LogP contribution in [0.3, 0.4) is 0 Å². The average Bonchev–Trinajstić information content (AvgIpc) is 2.30. The molecule has 1 saturated heterocycles. The van der Waals surface area contributed by atoms with E-state index in [0.29, 0.717) is 0 Å². The number of benzene rings is 1. The summed E-state index contributed by atoms with van der Waals surface area (Å²) in [6.07, 6.45) is 1.31. The van der Waals surface area contributed by atoms with Crippen molar-refractivity contribution in [3.05, 3.63) is 34.9 Å². The van der Waals surface area contributed by atoms with Crippen LogP contribution in [-0.4, -0.2) is 24.0 Å². The van der Waals surface area contributed by atoms with E-state index in [4.69, 9.17) is 17.3 Å². The molecule has 1 fully saturated rings. The van der Waals surface area contributed by atoms with Crippen molar-refractivity contribution in [2.24, 2.45) is 17.6 Å². The van der Waals surface area contributed by atoms with Crippen LogP contribution < -0.4 is 5.73 Å². The number of hydrogen-bond acceptors (Lipinski definition) is 2. The fraction of sp³-hybridized carbons (Fsp3) is 0.625. The molecule has 1 aromatic carbocycles. The number of hydrogen-bond donors (Lipinski definition) is 1. The van der Waals surface area contributed by atoms with Gasteiger partial charge in [-0.15, -0.1) is 0 Å². The predicted octanol–water partition coefficient (Wildman–Crippen LogP) is 3.71. The molecule has 2 nitrogen and oxygen atoms in total. The highest BCUT2D eigenvalue weighted by Gasteiger charge is 2.31. The maximum absolute atomic E-state index is 6.37. The van der Waals surface area contributed by atoms with Gasteiger partial charge in [-0.05, 0) is 36.8 Å². The topological polar surface area (TPSA) is 29.3 Å². The molecular weight excluding hydrogens is 256 g/mol. The van der Waals surface area contributed by atoms with Crippen molar-refractivity contribution in [2.75, 3.05) is 13.1 Å². The van der Waals surface area contributed by atoms with Crippen molar-refractivity contribution in [1.29, 1.82) is 0 Å². The Morgan fingerprint density at radius 2 is 1.79 bits per heavy atom. The molecule has 19 heavy (non-hydrogen) atoms. The first-order valence-electron chi connectivity index (χ1n) is 7.23. The zero-order valence-electron chi connectivity index (χ0n) is 12.1. The number of piperidine rings is 1. The highest BCUT2D eigenvalue weighted by Crippen LogP contribution is 2.34. The van der Waals surface area contributed by atoms with Gasteiger partial charge in [-0.25, -0.2) is 0 Å². The third kappa shape index (κ3) is 3.50. The van der Waals surface area contributed by atoms with Crippen molar-refractivity contribution in [1.82, 2.24) is 4.90 Å². The molecule has 4 unspecified atom stereocenters. The van der Waals surface area contributed by atoms with E-state index in [1.165, 1.54) is 12.0 Å². The Hall–Kier alpha value is -0.570. The minimum Gasteiger partial charge on any atom is -0.326 e. The quantitative estimate of drug-likeness (QED) is 0.915. The molecule has 1 aliphatic heterocycles. The van der Waals surface area contributed by atoms with E-state index in [2.05, 4.69) is 31.7 Å². The Bertz CT molecular complexity index is 409. The largest absolute Gasteiger partial charge is 0.326 e. The van der Waals surface area contributed by atoms with Crippen molar-refractivity contribution in [3.63, 3.8) is 0 Å². The molecule has 3 heteroatoms. The first-order chi connectivity index (χ1) is 8.99. The number of rotatable bonds is 3. The molecule has 4 atom stereocenters. The maximum atomic E-state index is 6.37. The summed E-state index contributed by atoms with van der Waals surface area (Å²) in [5, 5.41) is 0.829. The summed E-state index contributed by atoms with van der Waals surface area (Å²) >= 11 is 6.37. The standard InChI is InChI=1S/C16H25ClN2/c1-11-8-12(2)10-19(9-11)16(13(3)18)14-6-4-5-7-15(14)17/h4-7,11-13,16H,8-10,18H2,1-3H3. The molecule has 0 radical (unpaired) electrons. The summed E-state index contributed by atoms with van der Waals surface area (Å²) < 4.78 is 0. The van der Waals surface area contributed by atoms with E-state index >= 15 is 0 Å². The van der Waals surface area contributed by atoms with Crippen LogP contribution in [0.2, 0.25) is 5.02 Å². The fourth-order valence-electron chi connectivity index (χ4n) is 3.47. The maximum Gasteiger partial charge on any atom is 0.0511 e. The van der Waals surface area contributed by atoms with Crippen LogP contribution in [0.25, 0.3) is 0 Å². The Morgan fingerprint density at radius 3 is 2.32 bits per heavy atom. The van der Waals surface area contributed by atoms with E-state index in [1.54, 1.807) is 0 Å². The molecule has 1 aromatic rings. The SMILES string of the molecule is CC1CC(C)CN(C(c2ccccc2Cl)C(C)N)C1. The van der Waals surface area contributed by atoms with Crippen LogP contribution >= 0.6 is 11.6 Å². The highest BCUT2D eigenvalue weighted by atomic mass is 35.5. The number of nitrogens with two attached hydrogens (primary N) is 1. The Labute approximate surface area is 121 Å². The zero-order chi connectivity index (χ0) is 14.0. The Balaban J connectivity index is 2.28. The molecule has 0 spiro atoms. The molecule has 1 heterocycles. The van der Waals surface area contributed by atoms with Crippen LogP contribution in [0.5, 0.6) is 0 Å². The lowest BCUT2D eigenvalue weighted by atomic mass is 9.88. The molecule has 106 valence electrons. The van der Waals surface area contributed by atoms with E-state index in [-0.39, 0.29) is 12.1 Å². The van der Waals surface area contributed by atoms with Gasteiger partial charge < -0.3 is 5.73 Å². The minimum absolute atomic E-state index is 0.0809. The van der Waals surface area contributed by atoms with Gasteiger partial charge in [0.1, 0.15) is 0 Å². The zero-order valence-corrected chi connectivity index (χ0v) is 12.9. The van der Waals surface area contributed by atoms with E-state index in [9.17, 15) is 0 Å². The van der Waals surface area contributed by atoms with Gasteiger partial charge in [0.25, 0.3) is 0 Å². The fourth-order valence-corrected chi connectivity index (χ4v) is 3.71. The molecule has 0 amide bonds. The molecular formula is C16H25ClN2. The lowest BCUT2D eigenvalue weighted by Crippen LogP contribution is -2.46. The van der Waals surface area contributed by atoms with Gasteiger partial charge in [0.2, 0.25) is 0 Å². The van der Waals surface area contributed by atoms with Crippen molar-refractivity contribution >= 4 is 11.6 Å². The summed E-state index contributed by atoms with van der Waals surface area (Å²) in [7, 11) is 0. The van der Waals surface area contributed by atoms with E-state index in [0.717, 1.165) is 29.9 Å². The van der Waals surface area contributed by atoms with Gasteiger partial charge in [0.15, 0.2) is 0 Å². The van der Waals surface area contributed by atoms with Gasteiger partial charge in [0.05, 0.1) is 6.04 Å². The van der Waals surface area contributed by atoms with Crippen LogP contribution in [-0.2, 0) is 0 Å².